The van der Waals surface area contributed by atoms with Crippen molar-refractivity contribution in [3.63, 3.8) is 0 Å². The van der Waals surface area contributed by atoms with Gasteiger partial charge in [-0.3, -0.25) is 0 Å². The zero-order valence-corrected chi connectivity index (χ0v) is 12.4. The Balaban J connectivity index is 2.33. The fourth-order valence-electron chi connectivity index (χ4n) is 4.17. The van der Waals surface area contributed by atoms with Crippen molar-refractivity contribution < 1.29 is 14.3 Å². The molecule has 0 heterocycles. The molecule has 1 spiro atoms. The van der Waals surface area contributed by atoms with Crippen LogP contribution in [0.3, 0.4) is 0 Å². The van der Waals surface area contributed by atoms with Crippen LogP contribution in [0.1, 0.15) is 51.9 Å². The molecule has 2 rings (SSSR count). The number of methoxy groups -OCH3 is 2. The van der Waals surface area contributed by atoms with E-state index in [9.17, 15) is 4.79 Å². The summed E-state index contributed by atoms with van der Waals surface area (Å²) in [5.41, 5.74) is 0.877. The largest absolute Gasteiger partial charge is 0.466 e. The predicted octanol–water partition coefficient (Wildman–Crippen LogP) is 3.48. The molecule has 0 radical (unpaired) electrons. The summed E-state index contributed by atoms with van der Waals surface area (Å²) in [5.74, 6) is 0.232. The van der Waals surface area contributed by atoms with Crippen LogP contribution in [0, 0.1) is 11.3 Å². The maximum Gasteiger partial charge on any atom is 0.336 e. The zero-order chi connectivity index (χ0) is 13.9. The molecule has 0 unspecified atom stereocenters. The van der Waals surface area contributed by atoms with E-state index in [4.69, 9.17) is 9.47 Å². The Morgan fingerprint density at radius 2 is 1.89 bits per heavy atom. The average Bonchev–Trinajstić information content (AvgIpc) is 2.57. The van der Waals surface area contributed by atoms with Crippen molar-refractivity contribution in [1.82, 2.24) is 0 Å². The second-order valence-electron chi connectivity index (χ2n) is 5.89. The van der Waals surface area contributed by atoms with Gasteiger partial charge in [0.15, 0.2) is 0 Å². The summed E-state index contributed by atoms with van der Waals surface area (Å²) in [6.45, 7) is 2.21. The van der Waals surface area contributed by atoms with Gasteiger partial charge in [0.2, 0.25) is 0 Å². The van der Waals surface area contributed by atoms with E-state index in [1.807, 2.05) is 0 Å². The first-order valence-electron chi connectivity index (χ1n) is 7.52. The number of allylic oxidation sites excluding steroid dienone is 1. The maximum atomic E-state index is 12.0. The van der Waals surface area contributed by atoms with E-state index in [-0.39, 0.29) is 17.5 Å². The number of hydrogen-bond acceptors (Lipinski definition) is 3. The summed E-state index contributed by atoms with van der Waals surface area (Å²) >= 11 is 0. The molecule has 0 aliphatic heterocycles. The lowest BCUT2D eigenvalue weighted by Gasteiger charge is -2.39. The maximum absolute atomic E-state index is 12.0. The second-order valence-corrected chi connectivity index (χ2v) is 5.89. The van der Waals surface area contributed by atoms with Gasteiger partial charge in [-0.05, 0) is 25.2 Å². The van der Waals surface area contributed by atoms with Crippen molar-refractivity contribution in [3.8, 4) is 0 Å². The number of rotatable bonds is 3. The van der Waals surface area contributed by atoms with Gasteiger partial charge in [0.25, 0.3) is 0 Å². The SMILES string of the molecule is CC[C@H]1C=C(C(=O)OC)[C@@H](OC)C12CCCCCC2. The third-order valence-electron chi connectivity index (χ3n) is 5.05. The number of ether oxygens (including phenoxy) is 2. The van der Waals surface area contributed by atoms with E-state index in [1.165, 1.54) is 45.6 Å². The van der Waals surface area contributed by atoms with Crippen molar-refractivity contribution in [2.75, 3.05) is 14.2 Å². The average molecular weight is 266 g/mol. The van der Waals surface area contributed by atoms with Crippen LogP contribution in [-0.4, -0.2) is 26.3 Å². The molecule has 2 atom stereocenters. The van der Waals surface area contributed by atoms with E-state index in [0.717, 1.165) is 12.0 Å². The van der Waals surface area contributed by atoms with Gasteiger partial charge in [0, 0.05) is 12.5 Å². The zero-order valence-electron chi connectivity index (χ0n) is 12.4. The van der Waals surface area contributed by atoms with Crippen LogP contribution < -0.4 is 0 Å². The first-order valence-corrected chi connectivity index (χ1v) is 7.52. The molecule has 0 saturated heterocycles. The Hall–Kier alpha value is -0.830. The molecule has 0 bridgehead atoms. The molecule has 2 aliphatic rings. The van der Waals surface area contributed by atoms with Crippen molar-refractivity contribution in [2.45, 2.75) is 58.0 Å². The van der Waals surface area contributed by atoms with E-state index in [2.05, 4.69) is 13.0 Å². The first kappa shape index (κ1) is 14.6. The van der Waals surface area contributed by atoms with E-state index >= 15 is 0 Å². The van der Waals surface area contributed by atoms with Crippen LogP contribution in [0.2, 0.25) is 0 Å². The van der Waals surface area contributed by atoms with Gasteiger partial charge < -0.3 is 9.47 Å². The quantitative estimate of drug-likeness (QED) is 0.734. The van der Waals surface area contributed by atoms with E-state index in [1.54, 1.807) is 7.11 Å². The van der Waals surface area contributed by atoms with E-state index < -0.39 is 0 Å². The van der Waals surface area contributed by atoms with Gasteiger partial charge in [0.05, 0.1) is 18.8 Å². The molecule has 1 saturated carbocycles. The summed E-state index contributed by atoms with van der Waals surface area (Å²) in [4.78, 5) is 12.0. The Kier molecular flexibility index (Phi) is 4.67. The second kappa shape index (κ2) is 6.08. The predicted molar refractivity (Wildman–Crippen MR) is 74.8 cm³/mol. The molecule has 0 aromatic heterocycles. The Bertz CT molecular complexity index is 351. The molecule has 19 heavy (non-hydrogen) atoms. The van der Waals surface area contributed by atoms with Gasteiger partial charge in [-0.2, -0.15) is 0 Å². The molecule has 0 amide bonds. The highest BCUT2D eigenvalue weighted by molar-refractivity contribution is 5.90. The van der Waals surface area contributed by atoms with Crippen molar-refractivity contribution in [3.05, 3.63) is 11.6 Å². The minimum absolute atomic E-state index is 0.0806. The molecule has 0 N–H and O–H groups in total. The highest BCUT2D eigenvalue weighted by Crippen LogP contribution is 2.53. The summed E-state index contributed by atoms with van der Waals surface area (Å²) < 4.78 is 10.7. The Morgan fingerprint density at radius 3 is 2.37 bits per heavy atom. The molecular formula is C16H26O3. The van der Waals surface area contributed by atoms with Crippen LogP contribution in [0.5, 0.6) is 0 Å². The molecule has 108 valence electrons. The minimum atomic E-state index is -0.216. The molecule has 1 fully saturated rings. The molecular weight excluding hydrogens is 240 g/mol. The lowest BCUT2D eigenvalue weighted by atomic mass is 9.68. The van der Waals surface area contributed by atoms with Gasteiger partial charge in [-0.1, -0.05) is 38.7 Å². The third-order valence-corrected chi connectivity index (χ3v) is 5.05. The van der Waals surface area contributed by atoms with Gasteiger partial charge in [-0.15, -0.1) is 0 Å². The fourth-order valence-corrected chi connectivity index (χ4v) is 4.17. The van der Waals surface area contributed by atoms with Crippen molar-refractivity contribution in [2.24, 2.45) is 11.3 Å². The standard InChI is InChI=1S/C16H26O3/c1-4-12-11-13(15(17)19-3)14(18-2)16(12)9-7-5-6-8-10-16/h11-12,14H,4-10H2,1-3H3/t12-,14+/m0/s1. The van der Waals surface area contributed by atoms with Gasteiger partial charge >= 0.3 is 5.97 Å². The van der Waals surface area contributed by atoms with Crippen LogP contribution in [0.4, 0.5) is 0 Å². The minimum Gasteiger partial charge on any atom is -0.466 e. The number of esters is 1. The smallest absolute Gasteiger partial charge is 0.336 e. The molecule has 0 aromatic carbocycles. The highest BCUT2D eigenvalue weighted by Gasteiger charge is 2.51. The first-order chi connectivity index (χ1) is 9.19. The topological polar surface area (TPSA) is 35.5 Å². The van der Waals surface area contributed by atoms with Crippen LogP contribution in [0.25, 0.3) is 0 Å². The van der Waals surface area contributed by atoms with Crippen molar-refractivity contribution in [1.29, 1.82) is 0 Å². The number of carbonyl (C=O) groups excluding carboxylic acids is 1. The Morgan fingerprint density at radius 1 is 1.26 bits per heavy atom. The summed E-state index contributed by atoms with van der Waals surface area (Å²) in [7, 11) is 3.18. The van der Waals surface area contributed by atoms with Gasteiger partial charge in [0.1, 0.15) is 0 Å². The van der Waals surface area contributed by atoms with Crippen LogP contribution in [0.15, 0.2) is 11.6 Å². The van der Waals surface area contributed by atoms with Crippen molar-refractivity contribution >= 4 is 5.97 Å². The molecule has 3 heteroatoms. The van der Waals surface area contributed by atoms with Crippen LogP contribution in [-0.2, 0) is 14.3 Å². The summed E-state index contributed by atoms with van der Waals surface area (Å²) in [6, 6.07) is 0. The molecule has 2 aliphatic carbocycles. The normalized spacial score (nSPS) is 29.9. The summed E-state index contributed by atoms with van der Waals surface area (Å²) in [5, 5.41) is 0. The van der Waals surface area contributed by atoms with Gasteiger partial charge in [-0.25, -0.2) is 4.79 Å². The lowest BCUT2D eigenvalue weighted by molar-refractivity contribution is -0.138. The van der Waals surface area contributed by atoms with Crippen LogP contribution >= 0.6 is 0 Å². The van der Waals surface area contributed by atoms with E-state index in [0.29, 0.717) is 5.92 Å². The fraction of sp³-hybridized carbons (Fsp3) is 0.812. The summed E-state index contributed by atoms with van der Waals surface area (Å²) in [6.07, 6.45) is 10.6. The number of hydrogen-bond donors (Lipinski definition) is 0. The monoisotopic (exact) mass is 266 g/mol. The molecule has 0 aromatic rings. The Labute approximate surface area is 116 Å². The molecule has 3 nitrogen and oxygen atoms in total. The third kappa shape index (κ3) is 2.45. The lowest BCUT2D eigenvalue weighted by Crippen LogP contribution is -2.39. The number of carbonyl (C=O) groups is 1. The highest BCUT2D eigenvalue weighted by atomic mass is 16.5.